The number of hydrogen-bond acceptors (Lipinski definition) is 4. The molecule has 3 rings (SSSR count). The second kappa shape index (κ2) is 8.33. The van der Waals surface area contributed by atoms with Gasteiger partial charge in [-0.1, -0.05) is 29.3 Å². The number of allylic oxidation sites excluding steroid dienone is 8. The van der Waals surface area contributed by atoms with E-state index >= 15 is 0 Å². The summed E-state index contributed by atoms with van der Waals surface area (Å²) in [5.74, 6) is 1.49. The van der Waals surface area contributed by atoms with Crippen LogP contribution in [0, 0.1) is 0 Å². The third-order valence-corrected chi connectivity index (χ3v) is 5.40. The van der Waals surface area contributed by atoms with E-state index in [2.05, 4.69) is 5.32 Å². The van der Waals surface area contributed by atoms with E-state index in [1.54, 1.807) is 33.5 Å². The highest BCUT2D eigenvalue weighted by Crippen LogP contribution is 2.49. The highest BCUT2D eigenvalue weighted by atomic mass is 35.5. The number of carbonyl (C=O) groups excluding carboxylic acids is 1. The van der Waals surface area contributed by atoms with Crippen LogP contribution in [0.15, 0.2) is 45.6 Å². The molecule has 0 aliphatic heterocycles. The van der Waals surface area contributed by atoms with Gasteiger partial charge in [-0.3, -0.25) is 4.79 Å². The minimum atomic E-state index is -0.150. The van der Waals surface area contributed by atoms with Crippen molar-refractivity contribution in [2.45, 2.75) is 19.8 Å². The number of fused-ring (bicyclic) bond motifs is 3. The largest absolute Gasteiger partial charge is 0.493 e. The molecule has 1 aromatic carbocycles. The van der Waals surface area contributed by atoms with Crippen molar-refractivity contribution in [3.8, 4) is 17.2 Å². The second-order valence-electron chi connectivity index (χ2n) is 6.34. The fraction of sp³-hybridized carbons (Fsp3) is 0.286. The topological polar surface area (TPSA) is 56.8 Å². The Balaban J connectivity index is 2.36. The molecule has 0 radical (unpaired) electrons. The Bertz CT molecular complexity index is 958. The van der Waals surface area contributed by atoms with Crippen LogP contribution in [0.25, 0.3) is 5.57 Å². The lowest BCUT2D eigenvalue weighted by Gasteiger charge is -2.20. The number of ether oxygens (including phenoxy) is 3. The maximum atomic E-state index is 11.8. The molecular weight excluding hydrogens is 401 g/mol. The lowest BCUT2D eigenvalue weighted by Crippen LogP contribution is -2.20. The summed E-state index contributed by atoms with van der Waals surface area (Å²) in [6, 6.07) is 1.94. The van der Waals surface area contributed by atoms with Crippen LogP contribution in [0.1, 0.15) is 24.5 Å². The van der Waals surface area contributed by atoms with Crippen LogP contribution in [0.3, 0.4) is 0 Å². The Morgan fingerprint density at radius 2 is 1.71 bits per heavy atom. The molecule has 1 aromatic rings. The zero-order chi connectivity index (χ0) is 20.4. The Morgan fingerprint density at radius 1 is 1.00 bits per heavy atom. The molecule has 148 valence electrons. The fourth-order valence-electron chi connectivity index (χ4n) is 3.50. The molecule has 0 aromatic heterocycles. The van der Waals surface area contributed by atoms with Gasteiger partial charge >= 0.3 is 0 Å². The zero-order valence-corrected chi connectivity index (χ0v) is 17.6. The van der Waals surface area contributed by atoms with Crippen LogP contribution in [-0.4, -0.2) is 27.2 Å². The van der Waals surface area contributed by atoms with Gasteiger partial charge in [0.1, 0.15) is 0 Å². The highest BCUT2D eigenvalue weighted by Gasteiger charge is 2.29. The number of nitrogens with one attached hydrogen (secondary N) is 1. The summed E-state index contributed by atoms with van der Waals surface area (Å²) < 4.78 is 16.8. The molecule has 0 heterocycles. The van der Waals surface area contributed by atoms with Crippen molar-refractivity contribution >= 4 is 34.7 Å². The molecular formula is C21H21Cl2NO4. The van der Waals surface area contributed by atoms with Gasteiger partial charge in [-0.15, -0.1) is 0 Å². The van der Waals surface area contributed by atoms with E-state index in [4.69, 9.17) is 37.4 Å². The number of benzene rings is 1. The first-order valence-corrected chi connectivity index (χ1v) is 9.45. The lowest BCUT2D eigenvalue weighted by molar-refractivity contribution is -0.118. The molecule has 0 saturated carbocycles. The third kappa shape index (κ3) is 3.64. The second-order valence-corrected chi connectivity index (χ2v) is 7.15. The Hall–Kier alpha value is -2.37. The van der Waals surface area contributed by atoms with Gasteiger partial charge in [0.05, 0.1) is 31.4 Å². The van der Waals surface area contributed by atoms with Crippen molar-refractivity contribution in [3.05, 3.63) is 56.8 Å². The van der Waals surface area contributed by atoms with E-state index < -0.39 is 0 Å². The number of amides is 1. The first-order chi connectivity index (χ1) is 13.4. The van der Waals surface area contributed by atoms with E-state index in [1.165, 1.54) is 6.92 Å². The summed E-state index contributed by atoms with van der Waals surface area (Å²) in [5.41, 5.74) is 4.26. The quantitative estimate of drug-likeness (QED) is 0.765. The fourth-order valence-corrected chi connectivity index (χ4v) is 3.79. The molecule has 0 atom stereocenters. The number of carbonyl (C=O) groups is 1. The van der Waals surface area contributed by atoms with E-state index in [1.807, 2.05) is 12.1 Å². The molecule has 2 aliphatic rings. The summed E-state index contributed by atoms with van der Waals surface area (Å²) in [5, 5.41) is 3.75. The number of rotatable bonds is 4. The summed E-state index contributed by atoms with van der Waals surface area (Å²) in [7, 11) is 4.74. The van der Waals surface area contributed by atoms with Crippen LogP contribution in [-0.2, 0) is 11.2 Å². The zero-order valence-electron chi connectivity index (χ0n) is 16.1. The Morgan fingerprint density at radius 3 is 2.32 bits per heavy atom. The minimum Gasteiger partial charge on any atom is -0.493 e. The van der Waals surface area contributed by atoms with Gasteiger partial charge in [0, 0.05) is 23.8 Å². The van der Waals surface area contributed by atoms with Crippen LogP contribution in [0.4, 0.5) is 0 Å². The molecule has 0 fully saturated rings. The number of methoxy groups -OCH3 is 3. The number of hydrogen-bond donors (Lipinski definition) is 1. The lowest BCUT2D eigenvalue weighted by atomic mass is 9.92. The normalized spacial score (nSPS) is 15.9. The first kappa shape index (κ1) is 20.4. The van der Waals surface area contributed by atoms with Crippen LogP contribution >= 0.6 is 23.2 Å². The van der Waals surface area contributed by atoms with Crippen molar-refractivity contribution in [2.24, 2.45) is 0 Å². The van der Waals surface area contributed by atoms with Crippen LogP contribution < -0.4 is 19.5 Å². The van der Waals surface area contributed by atoms with Gasteiger partial charge in [-0.2, -0.15) is 0 Å². The van der Waals surface area contributed by atoms with Crippen molar-refractivity contribution in [1.29, 1.82) is 0 Å². The molecule has 5 nitrogen and oxygen atoms in total. The number of halogens is 2. The molecule has 1 amide bonds. The molecule has 0 bridgehead atoms. The predicted octanol–water partition coefficient (Wildman–Crippen LogP) is 4.69. The monoisotopic (exact) mass is 421 g/mol. The standard InChI is InChI=1S/C21H21Cl2NO4/c1-11(25)24-17-8-5-12-9-18(26-2)20(27-3)21(28-4)19(12)13-6-7-15(22)16(23)10-14(13)17/h6-7,9-10H,5,8H2,1-4H3,(H,24,25). The average molecular weight is 422 g/mol. The van der Waals surface area contributed by atoms with Gasteiger partial charge in [0.25, 0.3) is 0 Å². The third-order valence-electron chi connectivity index (χ3n) is 4.66. The van der Waals surface area contributed by atoms with E-state index in [-0.39, 0.29) is 5.91 Å². The van der Waals surface area contributed by atoms with Gasteiger partial charge in [-0.25, -0.2) is 0 Å². The SMILES string of the molecule is COc1cc2c(c(OC)c1OC)C1=CC=C(Cl)C(Cl)=CC1=C(NC(C)=O)CC2. The van der Waals surface area contributed by atoms with Gasteiger partial charge in [0.2, 0.25) is 11.7 Å². The Kier molecular flexibility index (Phi) is 6.06. The van der Waals surface area contributed by atoms with Gasteiger partial charge in [0.15, 0.2) is 11.5 Å². The first-order valence-electron chi connectivity index (χ1n) is 8.69. The van der Waals surface area contributed by atoms with E-state index in [0.717, 1.165) is 28.0 Å². The van der Waals surface area contributed by atoms with E-state index in [9.17, 15) is 4.79 Å². The van der Waals surface area contributed by atoms with E-state index in [0.29, 0.717) is 40.2 Å². The van der Waals surface area contributed by atoms with Crippen LogP contribution in [0.2, 0.25) is 0 Å². The van der Waals surface area contributed by atoms with Crippen molar-refractivity contribution in [3.63, 3.8) is 0 Å². The predicted molar refractivity (Wildman–Crippen MR) is 111 cm³/mol. The summed E-state index contributed by atoms with van der Waals surface area (Å²) >= 11 is 12.6. The molecule has 28 heavy (non-hydrogen) atoms. The molecule has 0 saturated heterocycles. The van der Waals surface area contributed by atoms with Crippen molar-refractivity contribution in [2.75, 3.05) is 21.3 Å². The smallest absolute Gasteiger partial charge is 0.221 e. The molecule has 7 heteroatoms. The molecule has 2 aliphatic carbocycles. The van der Waals surface area contributed by atoms with Gasteiger partial charge in [-0.05, 0) is 42.2 Å². The highest BCUT2D eigenvalue weighted by molar-refractivity contribution is 6.44. The minimum absolute atomic E-state index is 0.150. The summed E-state index contributed by atoms with van der Waals surface area (Å²) in [6.07, 6.45) is 6.67. The average Bonchev–Trinajstić information content (AvgIpc) is 2.90. The maximum Gasteiger partial charge on any atom is 0.221 e. The summed E-state index contributed by atoms with van der Waals surface area (Å²) in [6.45, 7) is 1.48. The van der Waals surface area contributed by atoms with Crippen molar-refractivity contribution < 1.29 is 19.0 Å². The number of aryl methyl sites for hydroxylation is 1. The summed E-state index contributed by atoms with van der Waals surface area (Å²) in [4.78, 5) is 11.8. The van der Waals surface area contributed by atoms with Gasteiger partial charge < -0.3 is 19.5 Å². The van der Waals surface area contributed by atoms with Crippen LogP contribution in [0.5, 0.6) is 17.2 Å². The molecule has 0 unspecified atom stereocenters. The maximum absolute atomic E-state index is 11.8. The Labute approximate surface area is 174 Å². The van der Waals surface area contributed by atoms with Crippen molar-refractivity contribution in [1.82, 2.24) is 5.32 Å². The molecule has 0 spiro atoms. The molecule has 1 N–H and O–H groups in total.